The number of benzene rings is 1. The summed E-state index contributed by atoms with van der Waals surface area (Å²) < 4.78 is 27.6. The molecule has 5 N–H and O–H groups in total. The molecular formula is C11H19N3O3S. The zero-order valence-corrected chi connectivity index (χ0v) is 11.2. The molecule has 0 radical (unpaired) electrons. The number of ether oxygens (including phenoxy) is 1. The van der Waals surface area contributed by atoms with Gasteiger partial charge < -0.3 is 15.8 Å². The Morgan fingerprint density at radius 1 is 1.33 bits per heavy atom. The molecule has 0 saturated heterocycles. The fourth-order valence-corrected chi connectivity index (χ4v) is 2.03. The number of nitrogens with one attached hydrogen (secondary N) is 1. The Morgan fingerprint density at radius 3 is 2.67 bits per heavy atom. The van der Waals surface area contributed by atoms with Gasteiger partial charge in [0.05, 0.1) is 4.90 Å². The Bertz CT molecular complexity index is 488. The van der Waals surface area contributed by atoms with E-state index < -0.39 is 10.0 Å². The van der Waals surface area contributed by atoms with E-state index in [1.54, 1.807) is 6.07 Å². The van der Waals surface area contributed by atoms with E-state index in [1.165, 1.54) is 12.1 Å². The van der Waals surface area contributed by atoms with Gasteiger partial charge in [0.2, 0.25) is 10.0 Å². The predicted molar refractivity (Wildman–Crippen MR) is 71.8 cm³/mol. The van der Waals surface area contributed by atoms with E-state index in [-0.39, 0.29) is 4.90 Å². The molecule has 0 aliphatic heterocycles. The number of nitrogen functional groups attached to an aromatic ring is 1. The average Bonchev–Trinajstić information content (AvgIpc) is 2.27. The van der Waals surface area contributed by atoms with Crippen molar-refractivity contribution in [3.05, 3.63) is 18.2 Å². The monoisotopic (exact) mass is 273 g/mol. The van der Waals surface area contributed by atoms with Gasteiger partial charge >= 0.3 is 0 Å². The van der Waals surface area contributed by atoms with Crippen molar-refractivity contribution < 1.29 is 13.2 Å². The standard InChI is InChI=1S/C11H19N3O3S/c1-2-17-5-3-4-14-10-6-9(12)7-11(8-10)18(13,15)16/h6-8,14H,2-5,12H2,1H3,(H2,13,15,16). The molecular weight excluding hydrogens is 254 g/mol. The van der Waals surface area contributed by atoms with Crippen molar-refractivity contribution in [3.63, 3.8) is 0 Å². The van der Waals surface area contributed by atoms with E-state index >= 15 is 0 Å². The maximum absolute atomic E-state index is 11.2. The smallest absolute Gasteiger partial charge is 0.238 e. The number of rotatable bonds is 7. The third-order valence-corrected chi connectivity index (χ3v) is 3.15. The summed E-state index contributed by atoms with van der Waals surface area (Å²) in [6.07, 6.45) is 0.827. The molecule has 0 amide bonds. The third kappa shape index (κ3) is 4.91. The SMILES string of the molecule is CCOCCCNc1cc(N)cc(S(N)(=O)=O)c1. The highest BCUT2D eigenvalue weighted by atomic mass is 32.2. The lowest BCUT2D eigenvalue weighted by Crippen LogP contribution is -2.13. The molecule has 0 aliphatic rings. The number of sulfonamides is 1. The summed E-state index contributed by atoms with van der Waals surface area (Å²) in [5, 5.41) is 8.13. The second kappa shape index (κ2) is 6.58. The first-order valence-corrected chi connectivity index (χ1v) is 7.23. The molecule has 0 aliphatic carbocycles. The first-order valence-electron chi connectivity index (χ1n) is 5.68. The van der Waals surface area contributed by atoms with Crippen molar-refractivity contribution in [2.24, 2.45) is 5.14 Å². The summed E-state index contributed by atoms with van der Waals surface area (Å²) in [6, 6.07) is 4.46. The zero-order valence-electron chi connectivity index (χ0n) is 10.3. The van der Waals surface area contributed by atoms with E-state index in [9.17, 15) is 8.42 Å². The van der Waals surface area contributed by atoms with E-state index in [4.69, 9.17) is 15.6 Å². The summed E-state index contributed by atoms with van der Waals surface area (Å²) in [7, 11) is -3.73. The topological polar surface area (TPSA) is 107 Å². The first-order chi connectivity index (χ1) is 8.43. The van der Waals surface area contributed by atoms with E-state index in [0.29, 0.717) is 31.1 Å². The van der Waals surface area contributed by atoms with Crippen molar-refractivity contribution in [3.8, 4) is 0 Å². The predicted octanol–water partition coefficient (Wildman–Crippen LogP) is 0.755. The van der Waals surface area contributed by atoms with Crippen LogP contribution in [0.3, 0.4) is 0 Å². The number of hydrogen-bond acceptors (Lipinski definition) is 5. The third-order valence-electron chi connectivity index (χ3n) is 2.26. The molecule has 1 aromatic rings. The van der Waals surface area contributed by atoms with E-state index in [0.717, 1.165) is 6.42 Å². The largest absolute Gasteiger partial charge is 0.399 e. The lowest BCUT2D eigenvalue weighted by atomic mass is 10.3. The summed E-state index contributed by atoms with van der Waals surface area (Å²) in [6.45, 7) is 3.96. The Hall–Kier alpha value is -1.31. The highest BCUT2D eigenvalue weighted by Gasteiger charge is 2.09. The molecule has 0 saturated carbocycles. The summed E-state index contributed by atoms with van der Waals surface area (Å²) in [5.41, 5.74) is 6.61. The highest BCUT2D eigenvalue weighted by Crippen LogP contribution is 2.19. The van der Waals surface area contributed by atoms with Crippen LogP contribution in [0.15, 0.2) is 23.1 Å². The second-order valence-corrected chi connectivity index (χ2v) is 5.37. The van der Waals surface area contributed by atoms with Gasteiger partial charge in [0.1, 0.15) is 0 Å². The van der Waals surface area contributed by atoms with Crippen LogP contribution < -0.4 is 16.2 Å². The first kappa shape index (κ1) is 14.7. The quantitative estimate of drug-likeness (QED) is 0.502. The molecule has 0 heterocycles. The van der Waals surface area contributed by atoms with Gasteiger partial charge in [-0.1, -0.05) is 0 Å². The normalized spacial score (nSPS) is 11.4. The number of nitrogens with two attached hydrogens (primary N) is 2. The van der Waals surface area contributed by atoms with Crippen LogP contribution in [-0.2, 0) is 14.8 Å². The maximum atomic E-state index is 11.2. The van der Waals surface area contributed by atoms with Crippen LogP contribution in [0.5, 0.6) is 0 Å². The average molecular weight is 273 g/mol. The minimum Gasteiger partial charge on any atom is -0.399 e. The molecule has 18 heavy (non-hydrogen) atoms. The molecule has 1 aromatic carbocycles. The number of hydrogen-bond donors (Lipinski definition) is 3. The Labute approximate surface area is 107 Å². The van der Waals surface area contributed by atoms with Crippen molar-refractivity contribution in [1.29, 1.82) is 0 Å². The van der Waals surface area contributed by atoms with Gasteiger partial charge in [-0.05, 0) is 31.5 Å². The Balaban J connectivity index is 2.64. The van der Waals surface area contributed by atoms with E-state index in [2.05, 4.69) is 5.32 Å². The van der Waals surface area contributed by atoms with Gasteiger partial charge in [-0.3, -0.25) is 0 Å². The molecule has 0 unspecified atom stereocenters. The molecule has 0 aromatic heterocycles. The van der Waals surface area contributed by atoms with Crippen LogP contribution in [0.4, 0.5) is 11.4 Å². The molecule has 0 atom stereocenters. The Morgan fingerprint density at radius 2 is 2.06 bits per heavy atom. The van der Waals surface area contributed by atoms with Crippen molar-refractivity contribution in [1.82, 2.24) is 0 Å². The van der Waals surface area contributed by atoms with Crippen LogP contribution in [0.2, 0.25) is 0 Å². The molecule has 0 fully saturated rings. The molecule has 0 bridgehead atoms. The molecule has 7 heteroatoms. The van der Waals surface area contributed by atoms with Gasteiger partial charge in [-0.2, -0.15) is 0 Å². The minimum atomic E-state index is -3.73. The maximum Gasteiger partial charge on any atom is 0.238 e. The molecule has 6 nitrogen and oxygen atoms in total. The summed E-state index contributed by atoms with van der Waals surface area (Å²) >= 11 is 0. The fourth-order valence-electron chi connectivity index (χ4n) is 1.44. The van der Waals surface area contributed by atoms with Crippen molar-refractivity contribution in [2.75, 3.05) is 30.8 Å². The molecule has 0 spiro atoms. The van der Waals surface area contributed by atoms with Crippen LogP contribution >= 0.6 is 0 Å². The van der Waals surface area contributed by atoms with E-state index in [1.807, 2.05) is 6.92 Å². The Kier molecular flexibility index (Phi) is 5.39. The lowest BCUT2D eigenvalue weighted by Gasteiger charge is -2.09. The van der Waals surface area contributed by atoms with Gasteiger partial charge in [-0.25, -0.2) is 13.6 Å². The lowest BCUT2D eigenvalue weighted by molar-refractivity contribution is 0.147. The zero-order chi connectivity index (χ0) is 13.6. The van der Waals surface area contributed by atoms with Gasteiger partial charge in [0.25, 0.3) is 0 Å². The summed E-state index contributed by atoms with van der Waals surface area (Å²) in [4.78, 5) is 0.00908. The van der Waals surface area contributed by atoms with Crippen molar-refractivity contribution in [2.45, 2.75) is 18.2 Å². The van der Waals surface area contributed by atoms with Crippen LogP contribution in [-0.4, -0.2) is 28.2 Å². The van der Waals surface area contributed by atoms with Gasteiger partial charge in [0.15, 0.2) is 0 Å². The second-order valence-electron chi connectivity index (χ2n) is 3.81. The van der Waals surface area contributed by atoms with Gasteiger partial charge in [-0.15, -0.1) is 0 Å². The minimum absolute atomic E-state index is 0.00908. The number of anilines is 2. The molecule has 102 valence electrons. The highest BCUT2D eigenvalue weighted by molar-refractivity contribution is 7.89. The van der Waals surface area contributed by atoms with Gasteiger partial charge in [0, 0.05) is 31.1 Å². The summed E-state index contributed by atoms with van der Waals surface area (Å²) in [5.74, 6) is 0. The van der Waals surface area contributed by atoms with Crippen molar-refractivity contribution >= 4 is 21.4 Å². The van der Waals surface area contributed by atoms with Crippen LogP contribution in [0, 0.1) is 0 Å². The fraction of sp³-hybridized carbons (Fsp3) is 0.455. The number of primary sulfonamides is 1. The van der Waals surface area contributed by atoms with Crippen LogP contribution in [0.25, 0.3) is 0 Å². The van der Waals surface area contributed by atoms with Crippen LogP contribution in [0.1, 0.15) is 13.3 Å². The molecule has 1 rings (SSSR count).